The van der Waals surface area contributed by atoms with Gasteiger partial charge in [-0.15, -0.1) is 0 Å². The largest absolute Gasteiger partial charge is 0.207 e. The molecule has 0 amide bonds. The van der Waals surface area contributed by atoms with Crippen molar-refractivity contribution in [1.29, 1.82) is 0 Å². The lowest BCUT2D eigenvalue weighted by Crippen LogP contribution is -2.16. The first-order chi connectivity index (χ1) is 29.0. The molecule has 0 aliphatic heterocycles. The molecule has 0 bridgehead atoms. The van der Waals surface area contributed by atoms with Gasteiger partial charge in [0.25, 0.3) is 0 Å². The molecule has 1 aliphatic rings. The van der Waals surface area contributed by atoms with Crippen molar-refractivity contribution in [3.63, 3.8) is 0 Å². The molecule has 1 saturated carbocycles. The molecule has 5 aromatic carbocycles. The van der Waals surface area contributed by atoms with Crippen LogP contribution in [0.15, 0.2) is 109 Å². The molecule has 0 saturated heterocycles. The summed E-state index contributed by atoms with van der Waals surface area (Å²) >= 11 is 0. The topological polar surface area (TPSA) is 0 Å². The van der Waals surface area contributed by atoms with Crippen molar-refractivity contribution < 1.29 is 8.78 Å². The van der Waals surface area contributed by atoms with E-state index in [1.54, 1.807) is 0 Å². The molecule has 2 heteroatoms. The van der Waals surface area contributed by atoms with Crippen LogP contribution >= 0.6 is 0 Å². The van der Waals surface area contributed by atoms with Gasteiger partial charge >= 0.3 is 0 Å². The van der Waals surface area contributed by atoms with Gasteiger partial charge in [0.15, 0.2) is 0 Å². The van der Waals surface area contributed by atoms with Gasteiger partial charge in [0.05, 0.1) is 0 Å². The highest BCUT2D eigenvalue weighted by Gasteiger charge is 2.20. The molecule has 0 spiro atoms. The molecule has 0 atom stereocenters. The van der Waals surface area contributed by atoms with E-state index in [0.29, 0.717) is 29.2 Å². The molecule has 0 nitrogen and oxygen atoms in total. The van der Waals surface area contributed by atoms with E-state index < -0.39 is 11.6 Å². The second kappa shape index (κ2) is 29.3. The Bertz CT molecular complexity index is 1660. The minimum absolute atomic E-state index is 0.0967. The zero-order valence-corrected chi connectivity index (χ0v) is 42.6. The van der Waals surface area contributed by atoms with Gasteiger partial charge in [-0.2, -0.15) is 0 Å². The molecule has 0 aromatic heterocycles. The molecule has 6 rings (SSSR count). The van der Waals surface area contributed by atoms with Crippen molar-refractivity contribution in [3.8, 4) is 0 Å². The molecular formula is C60H88F2. The maximum atomic E-state index is 13.0. The third kappa shape index (κ3) is 22.9. The van der Waals surface area contributed by atoms with Crippen LogP contribution in [-0.2, 0) is 0 Å². The Labute approximate surface area is 381 Å². The first-order valence-corrected chi connectivity index (χ1v) is 23.7. The van der Waals surface area contributed by atoms with E-state index in [-0.39, 0.29) is 11.5 Å². The van der Waals surface area contributed by atoms with E-state index in [1.165, 1.54) is 89.2 Å². The molecule has 0 N–H and O–H groups in total. The highest BCUT2D eigenvalue weighted by atomic mass is 19.1. The summed E-state index contributed by atoms with van der Waals surface area (Å²) in [4.78, 5) is 0. The van der Waals surface area contributed by atoms with E-state index in [9.17, 15) is 8.78 Å². The Hall–Kier alpha value is -4.04. The average Bonchev–Trinajstić information content (AvgIpc) is 3.22. The number of aryl methyl sites for hydroxylation is 4. The normalized spacial score (nSPS) is 14.4. The predicted molar refractivity (Wildman–Crippen MR) is 272 cm³/mol. The van der Waals surface area contributed by atoms with E-state index in [0.717, 1.165) is 17.8 Å². The SMILES string of the molecule is CC1CCC(C(C)C)CC1.Cc1c(F)cc(C(C)C)cc1F.Cc1ccc(C(C)C)cc1.Cc1ccc(C(C)C)cc1.Cc1ccc(C(C)C)cc1.Cc1ccc(C(C)C)cc1. The maximum Gasteiger partial charge on any atom is 0.129 e. The quantitative estimate of drug-likeness (QED) is 0.160. The smallest absolute Gasteiger partial charge is 0.129 e. The van der Waals surface area contributed by atoms with Gasteiger partial charge in [0, 0.05) is 5.56 Å². The summed E-state index contributed by atoms with van der Waals surface area (Å²) in [5.41, 5.74) is 11.8. The van der Waals surface area contributed by atoms with Crippen LogP contribution in [0.25, 0.3) is 0 Å². The van der Waals surface area contributed by atoms with Crippen LogP contribution in [0.5, 0.6) is 0 Å². The van der Waals surface area contributed by atoms with Crippen molar-refractivity contribution >= 4 is 0 Å². The van der Waals surface area contributed by atoms with Gasteiger partial charge in [-0.25, -0.2) is 8.78 Å². The zero-order chi connectivity index (χ0) is 47.1. The van der Waals surface area contributed by atoms with Crippen molar-refractivity contribution in [2.24, 2.45) is 17.8 Å². The number of hydrogen-bond donors (Lipinski definition) is 0. The number of halogens is 2. The van der Waals surface area contributed by atoms with E-state index >= 15 is 0 Å². The molecule has 5 aromatic rings. The minimum Gasteiger partial charge on any atom is -0.207 e. The number of benzene rings is 5. The summed E-state index contributed by atoms with van der Waals surface area (Å²) in [6.07, 6.45) is 5.92. The monoisotopic (exact) mass is 847 g/mol. The van der Waals surface area contributed by atoms with Gasteiger partial charge < -0.3 is 0 Å². The summed E-state index contributed by atoms with van der Waals surface area (Å²) in [6, 6.07) is 37.6. The summed E-state index contributed by atoms with van der Waals surface area (Å²) in [5, 5.41) is 0. The average molecular weight is 847 g/mol. The Morgan fingerprint density at radius 1 is 0.355 bits per heavy atom. The molecule has 0 heterocycles. The Balaban J connectivity index is 0.000000372. The number of rotatable bonds is 6. The van der Waals surface area contributed by atoms with Crippen LogP contribution < -0.4 is 0 Å². The van der Waals surface area contributed by atoms with Crippen molar-refractivity contribution in [1.82, 2.24) is 0 Å². The molecule has 1 fully saturated rings. The summed E-state index contributed by atoms with van der Waals surface area (Å²) in [7, 11) is 0. The Morgan fingerprint density at radius 2 is 0.581 bits per heavy atom. The highest BCUT2D eigenvalue weighted by molar-refractivity contribution is 5.28. The summed E-state index contributed by atoms with van der Waals surface area (Å²) < 4.78 is 25.9. The van der Waals surface area contributed by atoms with Gasteiger partial charge in [0.1, 0.15) is 11.6 Å². The zero-order valence-electron chi connectivity index (χ0n) is 42.6. The third-order valence-corrected chi connectivity index (χ3v) is 11.9. The van der Waals surface area contributed by atoms with Crippen LogP contribution in [0.3, 0.4) is 0 Å². The molecule has 62 heavy (non-hydrogen) atoms. The van der Waals surface area contributed by atoms with Gasteiger partial charge in [-0.05, 0) is 135 Å². The Kier molecular flexibility index (Phi) is 26.5. The minimum atomic E-state index is -0.460. The molecule has 1 aliphatic carbocycles. The van der Waals surface area contributed by atoms with Crippen LogP contribution in [-0.4, -0.2) is 0 Å². The van der Waals surface area contributed by atoms with Gasteiger partial charge in [0.2, 0.25) is 0 Å². The van der Waals surface area contributed by atoms with Crippen LogP contribution in [0, 0.1) is 64.0 Å². The lowest BCUT2D eigenvalue weighted by molar-refractivity contribution is 0.234. The second-order valence-corrected chi connectivity index (χ2v) is 19.8. The molecule has 0 radical (unpaired) electrons. The van der Waals surface area contributed by atoms with Gasteiger partial charge in [-0.3, -0.25) is 0 Å². The fraction of sp³-hybridized carbons (Fsp3) is 0.500. The van der Waals surface area contributed by atoms with E-state index in [1.807, 2.05) is 13.8 Å². The number of hydrogen-bond acceptors (Lipinski definition) is 0. The molecule has 0 unspecified atom stereocenters. The first-order valence-electron chi connectivity index (χ1n) is 23.7. The molecular weight excluding hydrogens is 759 g/mol. The maximum absolute atomic E-state index is 13.0. The van der Waals surface area contributed by atoms with Gasteiger partial charge in [-0.1, -0.05) is 222 Å². The standard InChI is InChI=1S/C10H12F2.C10H20.4C10H14/c1-6(2)8-4-9(11)7(3)10(12)5-8;5*1-8(2)10-6-4-9(3)5-7-10/h4-6H,1-3H3;8-10H,4-7H2,1-3H3;4*4-8H,1-3H3. The van der Waals surface area contributed by atoms with Crippen molar-refractivity contribution in [3.05, 3.63) is 176 Å². The first kappa shape index (κ1) is 56.0. The lowest BCUT2D eigenvalue weighted by Gasteiger charge is -2.28. The third-order valence-electron chi connectivity index (χ3n) is 11.9. The second-order valence-electron chi connectivity index (χ2n) is 19.8. The summed E-state index contributed by atoms with van der Waals surface area (Å²) in [6.45, 7) is 38.5. The van der Waals surface area contributed by atoms with Crippen molar-refractivity contribution in [2.45, 2.75) is 180 Å². The Morgan fingerprint density at radius 3 is 0.774 bits per heavy atom. The lowest BCUT2D eigenvalue weighted by atomic mass is 9.78. The van der Waals surface area contributed by atoms with E-state index in [4.69, 9.17) is 0 Å². The predicted octanol–water partition coefficient (Wildman–Crippen LogP) is 19.3. The molecule has 342 valence electrons. The fourth-order valence-corrected chi connectivity index (χ4v) is 6.76. The highest BCUT2D eigenvalue weighted by Crippen LogP contribution is 2.32. The van der Waals surface area contributed by atoms with Crippen molar-refractivity contribution in [2.75, 3.05) is 0 Å². The van der Waals surface area contributed by atoms with E-state index in [2.05, 4.69) is 201 Å². The summed E-state index contributed by atoms with van der Waals surface area (Å²) in [5.74, 6) is 4.83. The van der Waals surface area contributed by atoms with Crippen LogP contribution in [0.4, 0.5) is 8.78 Å². The van der Waals surface area contributed by atoms with Crippen LogP contribution in [0.2, 0.25) is 0 Å². The fourth-order valence-electron chi connectivity index (χ4n) is 6.76. The van der Waals surface area contributed by atoms with Crippen LogP contribution in [0.1, 0.15) is 201 Å².